The van der Waals surface area contributed by atoms with Crippen LogP contribution in [0.1, 0.15) is 12.5 Å². The molecule has 14 heavy (non-hydrogen) atoms. The highest BCUT2D eigenvalue weighted by Crippen LogP contribution is 2.03. The van der Waals surface area contributed by atoms with Crippen LogP contribution >= 0.6 is 0 Å². The number of amides is 1. The van der Waals surface area contributed by atoms with Crippen LogP contribution in [0.15, 0.2) is 43.0 Å². The number of carbonyl (C=O) groups is 1. The molecule has 0 saturated carbocycles. The third kappa shape index (κ3) is 3.44. The van der Waals surface area contributed by atoms with E-state index < -0.39 is 0 Å². The molecule has 0 fully saturated rings. The second kappa shape index (κ2) is 5.22. The highest BCUT2D eigenvalue weighted by atomic mass is 16.1. The Morgan fingerprint density at radius 1 is 1.50 bits per heavy atom. The van der Waals surface area contributed by atoms with E-state index in [1.54, 1.807) is 6.08 Å². The van der Waals surface area contributed by atoms with E-state index >= 15 is 0 Å². The van der Waals surface area contributed by atoms with Gasteiger partial charge in [-0.05, 0) is 12.0 Å². The van der Waals surface area contributed by atoms with Crippen LogP contribution in [-0.4, -0.2) is 11.9 Å². The Morgan fingerprint density at radius 3 is 2.64 bits per heavy atom. The predicted molar refractivity (Wildman–Crippen MR) is 57.9 cm³/mol. The maximum atomic E-state index is 10.8. The first-order chi connectivity index (χ1) is 6.72. The molecule has 0 aliphatic heterocycles. The molecular weight excluding hydrogens is 174 g/mol. The minimum atomic E-state index is -0.0224. The van der Waals surface area contributed by atoms with Gasteiger partial charge in [-0.25, -0.2) is 0 Å². The zero-order chi connectivity index (χ0) is 10.4. The van der Waals surface area contributed by atoms with Gasteiger partial charge in [0.1, 0.15) is 0 Å². The fourth-order valence-corrected chi connectivity index (χ4v) is 1.32. The fraction of sp³-hybridized carbons (Fsp3) is 0.250. The number of carbonyl (C=O) groups excluding carboxylic acids is 1. The van der Waals surface area contributed by atoms with Gasteiger partial charge in [-0.15, -0.1) is 6.58 Å². The quantitative estimate of drug-likeness (QED) is 0.720. The Labute approximate surface area is 84.6 Å². The van der Waals surface area contributed by atoms with E-state index in [1.807, 2.05) is 30.3 Å². The summed E-state index contributed by atoms with van der Waals surface area (Å²) in [6.07, 6.45) is 2.55. The number of rotatable bonds is 4. The molecule has 1 rings (SSSR count). The lowest BCUT2D eigenvalue weighted by atomic mass is 10.1. The molecule has 1 unspecified atom stereocenters. The van der Waals surface area contributed by atoms with Crippen molar-refractivity contribution in [1.29, 1.82) is 0 Å². The summed E-state index contributed by atoms with van der Waals surface area (Å²) in [6, 6.07) is 10.1. The second-order valence-electron chi connectivity index (χ2n) is 3.23. The van der Waals surface area contributed by atoms with E-state index in [0.717, 1.165) is 6.42 Å². The monoisotopic (exact) mass is 189 g/mol. The van der Waals surface area contributed by atoms with Crippen molar-refractivity contribution in [1.82, 2.24) is 5.32 Å². The topological polar surface area (TPSA) is 29.1 Å². The third-order valence-corrected chi connectivity index (χ3v) is 1.97. The maximum Gasteiger partial charge on any atom is 0.217 e. The van der Waals surface area contributed by atoms with Crippen LogP contribution in [0.4, 0.5) is 0 Å². The molecule has 0 bridgehead atoms. The Bertz CT molecular complexity index is 305. The van der Waals surface area contributed by atoms with Crippen molar-refractivity contribution >= 4 is 5.91 Å². The molecular formula is C12H15NO. The summed E-state index contributed by atoms with van der Waals surface area (Å²) in [6.45, 7) is 5.21. The predicted octanol–water partition coefficient (Wildman–Crippen LogP) is 1.92. The molecule has 1 aromatic carbocycles. The molecule has 0 aliphatic rings. The lowest BCUT2D eigenvalue weighted by molar-refractivity contribution is -0.119. The first-order valence-electron chi connectivity index (χ1n) is 4.66. The van der Waals surface area contributed by atoms with Gasteiger partial charge < -0.3 is 5.32 Å². The molecule has 1 N–H and O–H groups in total. The van der Waals surface area contributed by atoms with E-state index in [2.05, 4.69) is 11.9 Å². The lowest BCUT2D eigenvalue weighted by Crippen LogP contribution is -2.32. The van der Waals surface area contributed by atoms with Gasteiger partial charge in [0.2, 0.25) is 5.91 Å². The average Bonchev–Trinajstić information content (AvgIpc) is 2.17. The highest BCUT2D eigenvalue weighted by Gasteiger charge is 2.05. The molecule has 0 radical (unpaired) electrons. The fourth-order valence-electron chi connectivity index (χ4n) is 1.32. The van der Waals surface area contributed by atoms with Crippen molar-refractivity contribution in [3.8, 4) is 0 Å². The van der Waals surface area contributed by atoms with Gasteiger partial charge in [-0.2, -0.15) is 0 Å². The minimum absolute atomic E-state index is 0.0224. The van der Waals surface area contributed by atoms with Gasteiger partial charge in [0, 0.05) is 6.92 Å². The normalized spacial score (nSPS) is 11.8. The molecule has 2 heteroatoms. The maximum absolute atomic E-state index is 10.8. The molecule has 74 valence electrons. The van der Waals surface area contributed by atoms with Crippen molar-refractivity contribution in [2.45, 2.75) is 19.4 Å². The molecule has 1 atom stereocenters. The lowest BCUT2D eigenvalue weighted by Gasteiger charge is -2.12. The minimum Gasteiger partial charge on any atom is -0.350 e. The van der Waals surface area contributed by atoms with Crippen LogP contribution in [0, 0.1) is 0 Å². The first-order valence-corrected chi connectivity index (χ1v) is 4.66. The number of benzene rings is 1. The van der Waals surface area contributed by atoms with Crippen molar-refractivity contribution in [3.63, 3.8) is 0 Å². The average molecular weight is 189 g/mol. The van der Waals surface area contributed by atoms with Crippen LogP contribution in [0.5, 0.6) is 0 Å². The van der Waals surface area contributed by atoms with Gasteiger partial charge >= 0.3 is 0 Å². The summed E-state index contributed by atoms with van der Waals surface area (Å²) in [5, 5.41) is 2.82. The first kappa shape index (κ1) is 10.5. The zero-order valence-electron chi connectivity index (χ0n) is 8.36. The molecule has 0 saturated heterocycles. The largest absolute Gasteiger partial charge is 0.350 e. The summed E-state index contributed by atoms with van der Waals surface area (Å²) in [7, 11) is 0. The van der Waals surface area contributed by atoms with Crippen LogP contribution < -0.4 is 5.32 Å². The summed E-state index contributed by atoms with van der Waals surface area (Å²) in [5.74, 6) is -0.0224. The molecule has 0 heterocycles. The van der Waals surface area contributed by atoms with Gasteiger partial charge in [0.15, 0.2) is 0 Å². The molecule has 0 aromatic heterocycles. The molecule has 0 aliphatic carbocycles. The van der Waals surface area contributed by atoms with Crippen molar-refractivity contribution in [3.05, 3.63) is 48.6 Å². The Morgan fingerprint density at radius 2 is 2.14 bits per heavy atom. The van der Waals surface area contributed by atoms with Crippen molar-refractivity contribution < 1.29 is 4.79 Å². The summed E-state index contributed by atoms with van der Waals surface area (Å²) in [5.41, 5.74) is 1.20. The van der Waals surface area contributed by atoms with Crippen LogP contribution in [0.2, 0.25) is 0 Å². The number of hydrogen-bond donors (Lipinski definition) is 1. The van der Waals surface area contributed by atoms with Gasteiger partial charge in [0.25, 0.3) is 0 Å². The van der Waals surface area contributed by atoms with Crippen LogP contribution in [0.3, 0.4) is 0 Å². The Kier molecular flexibility index (Phi) is 3.92. The van der Waals surface area contributed by atoms with Crippen molar-refractivity contribution in [2.75, 3.05) is 0 Å². The third-order valence-electron chi connectivity index (χ3n) is 1.97. The molecule has 1 aromatic rings. The van der Waals surface area contributed by atoms with E-state index in [1.165, 1.54) is 12.5 Å². The van der Waals surface area contributed by atoms with Gasteiger partial charge in [0.05, 0.1) is 6.04 Å². The van der Waals surface area contributed by atoms with Gasteiger partial charge in [-0.1, -0.05) is 36.4 Å². The van der Waals surface area contributed by atoms with E-state index in [0.29, 0.717) is 0 Å². The molecule has 1 amide bonds. The number of hydrogen-bond acceptors (Lipinski definition) is 1. The SMILES string of the molecule is C=CC(Cc1ccccc1)NC(C)=O. The Hall–Kier alpha value is -1.57. The Balaban J connectivity index is 2.57. The number of nitrogens with one attached hydrogen (secondary N) is 1. The van der Waals surface area contributed by atoms with E-state index in [9.17, 15) is 4.79 Å². The standard InChI is InChI=1S/C12H15NO/c1-3-12(13-10(2)14)9-11-7-5-4-6-8-11/h3-8,12H,1,9H2,2H3,(H,13,14). The second-order valence-corrected chi connectivity index (χ2v) is 3.23. The molecule has 0 spiro atoms. The summed E-state index contributed by atoms with van der Waals surface area (Å²) in [4.78, 5) is 10.8. The smallest absolute Gasteiger partial charge is 0.217 e. The zero-order valence-corrected chi connectivity index (χ0v) is 8.36. The van der Waals surface area contributed by atoms with Crippen LogP contribution in [0.25, 0.3) is 0 Å². The van der Waals surface area contributed by atoms with E-state index in [4.69, 9.17) is 0 Å². The van der Waals surface area contributed by atoms with Crippen LogP contribution in [-0.2, 0) is 11.2 Å². The summed E-state index contributed by atoms with van der Waals surface area (Å²) < 4.78 is 0. The van der Waals surface area contributed by atoms with E-state index in [-0.39, 0.29) is 11.9 Å². The molecule has 2 nitrogen and oxygen atoms in total. The summed E-state index contributed by atoms with van der Waals surface area (Å²) >= 11 is 0. The van der Waals surface area contributed by atoms with Crippen molar-refractivity contribution in [2.24, 2.45) is 0 Å². The highest BCUT2D eigenvalue weighted by molar-refractivity contribution is 5.73. The van der Waals surface area contributed by atoms with Gasteiger partial charge in [-0.3, -0.25) is 4.79 Å².